The van der Waals surface area contributed by atoms with Gasteiger partial charge >= 0.3 is 0 Å². The lowest BCUT2D eigenvalue weighted by atomic mass is 10.1. The topological polar surface area (TPSA) is 39.7 Å². The summed E-state index contributed by atoms with van der Waals surface area (Å²) < 4.78 is 0. The highest BCUT2D eigenvalue weighted by atomic mass is 32.1. The summed E-state index contributed by atoms with van der Waals surface area (Å²) in [6.07, 6.45) is 1.19. The highest BCUT2D eigenvalue weighted by molar-refractivity contribution is 7.10. The summed E-state index contributed by atoms with van der Waals surface area (Å²) in [4.78, 5) is 8.36. The first-order valence-corrected chi connectivity index (χ1v) is 8.99. The number of nitrogens with one attached hydrogen (secondary N) is 2. The maximum Gasteiger partial charge on any atom is 0.191 e. The third kappa shape index (κ3) is 4.56. The van der Waals surface area contributed by atoms with Gasteiger partial charge in [0.05, 0.1) is 0 Å². The summed E-state index contributed by atoms with van der Waals surface area (Å²) in [5, 5.41) is 8.97. The first-order valence-electron chi connectivity index (χ1n) is 8.11. The van der Waals surface area contributed by atoms with E-state index in [0.717, 1.165) is 38.7 Å². The number of guanidine groups is 1. The molecular weight excluding hydrogens is 304 g/mol. The molecule has 0 fully saturated rings. The number of nitrogens with zero attached hydrogens (tertiary/aromatic N) is 2. The number of benzene rings is 1. The van der Waals surface area contributed by atoms with E-state index in [1.165, 1.54) is 17.5 Å². The molecule has 122 valence electrons. The van der Waals surface area contributed by atoms with Crippen LogP contribution >= 0.6 is 11.3 Å². The van der Waals surface area contributed by atoms with Crippen molar-refractivity contribution in [2.24, 2.45) is 4.99 Å². The standard InChI is InChI=1S/C18H24N4S/c1-19-18(21-13-15-5-3-2-4-6-15)20-9-11-22-10-7-17-16(14-22)8-12-23-17/h2-6,8,12H,7,9-11,13-14H2,1H3,(H2,19,20,21). The molecule has 0 amide bonds. The number of aliphatic imine (C=N–C) groups is 1. The molecule has 0 spiro atoms. The van der Waals surface area contributed by atoms with Crippen molar-refractivity contribution >= 4 is 17.3 Å². The number of thiophene rings is 1. The first kappa shape index (κ1) is 16.0. The fourth-order valence-electron chi connectivity index (χ4n) is 2.83. The van der Waals surface area contributed by atoms with Crippen LogP contribution in [-0.4, -0.2) is 37.5 Å². The molecule has 0 radical (unpaired) electrons. The maximum absolute atomic E-state index is 4.29. The smallest absolute Gasteiger partial charge is 0.191 e. The van der Waals surface area contributed by atoms with Gasteiger partial charge in [-0.1, -0.05) is 30.3 Å². The fourth-order valence-corrected chi connectivity index (χ4v) is 3.72. The fraction of sp³-hybridized carbons (Fsp3) is 0.389. The number of hydrogen-bond acceptors (Lipinski definition) is 3. The molecule has 1 aliphatic rings. The Bertz CT molecular complexity index is 635. The summed E-state index contributed by atoms with van der Waals surface area (Å²) in [7, 11) is 1.82. The van der Waals surface area contributed by atoms with Crippen LogP contribution in [0, 0.1) is 0 Å². The van der Waals surface area contributed by atoms with Crippen LogP contribution in [0.4, 0.5) is 0 Å². The van der Waals surface area contributed by atoms with Gasteiger partial charge in [-0.25, -0.2) is 0 Å². The van der Waals surface area contributed by atoms with Gasteiger partial charge in [0, 0.05) is 44.6 Å². The minimum Gasteiger partial charge on any atom is -0.355 e. The van der Waals surface area contributed by atoms with Gasteiger partial charge in [-0.2, -0.15) is 0 Å². The molecule has 0 saturated carbocycles. The number of fused-ring (bicyclic) bond motifs is 1. The Balaban J connectivity index is 1.39. The van der Waals surface area contributed by atoms with Gasteiger partial charge in [0.1, 0.15) is 0 Å². The predicted molar refractivity (Wildman–Crippen MR) is 97.9 cm³/mol. The summed E-state index contributed by atoms with van der Waals surface area (Å²) in [6.45, 7) is 4.99. The second kappa shape index (κ2) is 8.13. The number of hydrogen-bond donors (Lipinski definition) is 2. The Labute approximate surface area is 142 Å². The lowest BCUT2D eigenvalue weighted by molar-refractivity contribution is 0.260. The van der Waals surface area contributed by atoms with Crippen molar-refractivity contribution in [3.8, 4) is 0 Å². The van der Waals surface area contributed by atoms with E-state index < -0.39 is 0 Å². The van der Waals surface area contributed by atoms with Gasteiger partial charge in [-0.3, -0.25) is 9.89 Å². The van der Waals surface area contributed by atoms with Crippen molar-refractivity contribution in [3.05, 3.63) is 57.8 Å². The van der Waals surface area contributed by atoms with Crippen molar-refractivity contribution in [3.63, 3.8) is 0 Å². The molecule has 0 aliphatic carbocycles. The average Bonchev–Trinajstić information content (AvgIpc) is 3.06. The van der Waals surface area contributed by atoms with E-state index in [-0.39, 0.29) is 0 Å². The second-order valence-electron chi connectivity index (χ2n) is 5.73. The van der Waals surface area contributed by atoms with Crippen LogP contribution in [0.15, 0.2) is 46.8 Å². The lowest BCUT2D eigenvalue weighted by Gasteiger charge is -2.27. The Kier molecular flexibility index (Phi) is 5.66. The molecule has 0 atom stereocenters. The van der Waals surface area contributed by atoms with Gasteiger partial charge in [-0.15, -0.1) is 11.3 Å². The summed E-state index contributed by atoms with van der Waals surface area (Å²) >= 11 is 1.89. The van der Waals surface area contributed by atoms with E-state index in [4.69, 9.17) is 0 Å². The van der Waals surface area contributed by atoms with Crippen LogP contribution in [0.2, 0.25) is 0 Å². The zero-order chi connectivity index (χ0) is 15.9. The van der Waals surface area contributed by atoms with Gasteiger partial charge in [0.15, 0.2) is 5.96 Å². The molecule has 2 aromatic rings. The highest BCUT2D eigenvalue weighted by Gasteiger charge is 2.16. The van der Waals surface area contributed by atoms with Gasteiger partial charge in [0.2, 0.25) is 0 Å². The van der Waals surface area contributed by atoms with E-state index >= 15 is 0 Å². The van der Waals surface area contributed by atoms with E-state index in [2.05, 4.69) is 56.2 Å². The monoisotopic (exact) mass is 328 g/mol. The molecule has 0 unspecified atom stereocenters. The molecule has 2 N–H and O–H groups in total. The van der Waals surface area contributed by atoms with Crippen LogP contribution in [-0.2, 0) is 19.5 Å². The Morgan fingerprint density at radius 1 is 1.22 bits per heavy atom. The van der Waals surface area contributed by atoms with Crippen molar-refractivity contribution in [1.82, 2.24) is 15.5 Å². The normalized spacial score (nSPS) is 15.3. The molecule has 4 nitrogen and oxygen atoms in total. The lowest BCUT2D eigenvalue weighted by Crippen LogP contribution is -2.42. The molecule has 0 saturated heterocycles. The molecular formula is C18H24N4S. The van der Waals surface area contributed by atoms with Gasteiger partial charge in [0.25, 0.3) is 0 Å². The van der Waals surface area contributed by atoms with E-state index in [1.54, 1.807) is 4.88 Å². The zero-order valence-electron chi connectivity index (χ0n) is 13.6. The van der Waals surface area contributed by atoms with Crippen LogP contribution in [0.25, 0.3) is 0 Å². The van der Waals surface area contributed by atoms with E-state index in [0.29, 0.717) is 0 Å². The van der Waals surface area contributed by atoms with Crippen molar-refractivity contribution in [2.45, 2.75) is 19.5 Å². The molecule has 23 heavy (non-hydrogen) atoms. The van der Waals surface area contributed by atoms with Crippen LogP contribution in [0.1, 0.15) is 16.0 Å². The third-order valence-corrected chi connectivity index (χ3v) is 5.16. The number of rotatable bonds is 5. The van der Waals surface area contributed by atoms with E-state index in [1.807, 2.05) is 24.5 Å². The molecule has 1 aromatic heterocycles. The average molecular weight is 328 g/mol. The summed E-state index contributed by atoms with van der Waals surface area (Å²) in [5.41, 5.74) is 2.77. The molecule has 5 heteroatoms. The Morgan fingerprint density at radius 2 is 2.09 bits per heavy atom. The quantitative estimate of drug-likeness (QED) is 0.654. The van der Waals surface area contributed by atoms with Crippen LogP contribution < -0.4 is 10.6 Å². The molecule has 1 aliphatic heterocycles. The third-order valence-electron chi connectivity index (χ3n) is 4.13. The Hall–Kier alpha value is -1.85. The van der Waals surface area contributed by atoms with Crippen molar-refractivity contribution < 1.29 is 0 Å². The SMILES string of the molecule is CN=C(NCCN1CCc2sccc2C1)NCc1ccccc1. The minimum absolute atomic E-state index is 0.794. The minimum atomic E-state index is 0.794. The molecule has 1 aromatic carbocycles. The summed E-state index contributed by atoms with van der Waals surface area (Å²) in [5.74, 6) is 0.863. The van der Waals surface area contributed by atoms with Crippen molar-refractivity contribution in [2.75, 3.05) is 26.7 Å². The summed E-state index contributed by atoms with van der Waals surface area (Å²) in [6, 6.07) is 12.7. The second-order valence-corrected chi connectivity index (χ2v) is 6.73. The van der Waals surface area contributed by atoms with Gasteiger partial charge in [-0.05, 0) is 29.0 Å². The van der Waals surface area contributed by atoms with E-state index in [9.17, 15) is 0 Å². The van der Waals surface area contributed by atoms with Crippen LogP contribution in [0.3, 0.4) is 0 Å². The molecule has 2 heterocycles. The van der Waals surface area contributed by atoms with Gasteiger partial charge < -0.3 is 10.6 Å². The Morgan fingerprint density at radius 3 is 2.91 bits per heavy atom. The first-order chi connectivity index (χ1) is 11.3. The van der Waals surface area contributed by atoms with Crippen LogP contribution in [0.5, 0.6) is 0 Å². The predicted octanol–water partition coefficient (Wildman–Crippen LogP) is 2.47. The largest absolute Gasteiger partial charge is 0.355 e. The highest BCUT2D eigenvalue weighted by Crippen LogP contribution is 2.23. The maximum atomic E-state index is 4.29. The molecule has 0 bridgehead atoms. The van der Waals surface area contributed by atoms with Crippen molar-refractivity contribution in [1.29, 1.82) is 0 Å². The zero-order valence-corrected chi connectivity index (χ0v) is 14.4. The molecule has 3 rings (SSSR count).